The van der Waals surface area contributed by atoms with Crippen molar-refractivity contribution in [2.45, 2.75) is 13.0 Å². The second-order valence-corrected chi connectivity index (χ2v) is 8.78. The van der Waals surface area contributed by atoms with E-state index < -0.39 is 0 Å². The third kappa shape index (κ3) is 4.26. The van der Waals surface area contributed by atoms with Crippen LogP contribution in [0.15, 0.2) is 59.7 Å². The van der Waals surface area contributed by atoms with Crippen LogP contribution in [0.25, 0.3) is 33.2 Å². The Kier molecular flexibility index (Phi) is 5.81. The number of rotatable bonds is 6. The molecule has 0 unspecified atom stereocenters. The van der Waals surface area contributed by atoms with Gasteiger partial charge in [0.25, 0.3) is 0 Å². The second-order valence-electron chi connectivity index (χ2n) is 8.00. The minimum atomic E-state index is 0.689. The first-order valence-corrected chi connectivity index (χ1v) is 11.7. The van der Waals surface area contributed by atoms with Crippen molar-refractivity contribution in [3.63, 3.8) is 0 Å². The van der Waals surface area contributed by atoms with Crippen molar-refractivity contribution in [2.75, 3.05) is 32.7 Å². The van der Waals surface area contributed by atoms with Crippen molar-refractivity contribution in [1.82, 2.24) is 19.8 Å². The molecule has 1 aromatic carbocycles. The molecule has 1 saturated heterocycles. The van der Waals surface area contributed by atoms with Gasteiger partial charge in [-0.05, 0) is 59.6 Å². The number of benzene rings is 1. The molecular formula is C25H25N5S. The van der Waals surface area contributed by atoms with E-state index in [9.17, 15) is 5.26 Å². The van der Waals surface area contributed by atoms with Crippen LogP contribution in [0.5, 0.6) is 0 Å². The molecule has 1 aliphatic heterocycles. The average molecular weight is 428 g/mol. The number of hydrogen-bond donors (Lipinski definition) is 1. The summed E-state index contributed by atoms with van der Waals surface area (Å²) in [5.74, 6) is 0. The molecule has 156 valence electrons. The number of nitrogens with zero attached hydrogens (tertiary/aromatic N) is 4. The first-order chi connectivity index (χ1) is 15.3. The molecule has 1 aliphatic rings. The van der Waals surface area contributed by atoms with Gasteiger partial charge in [-0.1, -0.05) is 0 Å². The van der Waals surface area contributed by atoms with Crippen molar-refractivity contribution >= 4 is 22.2 Å². The molecule has 1 fully saturated rings. The van der Waals surface area contributed by atoms with Crippen molar-refractivity contribution in [1.29, 1.82) is 5.26 Å². The summed E-state index contributed by atoms with van der Waals surface area (Å²) in [6.45, 7) is 6.50. The number of piperazine rings is 1. The number of pyridine rings is 1. The average Bonchev–Trinajstić information content (AvgIpc) is 3.48. The van der Waals surface area contributed by atoms with E-state index in [0.29, 0.717) is 5.56 Å². The first-order valence-electron chi connectivity index (χ1n) is 10.8. The molecule has 4 aromatic rings. The highest BCUT2D eigenvalue weighted by Gasteiger charge is 2.14. The molecular weight excluding hydrogens is 402 g/mol. The lowest BCUT2D eigenvalue weighted by Gasteiger charge is -2.27. The number of aromatic nitrogens is 2. The maximum Gasteiger partial charge on any atom is 0.0991 e. The Morgan fingerprint density at radius 2 is 1.90 bits per heavy atom. The number of hydrogen-bond acceptors (Lipinski definition) is 5. The van der Waals surface area contributed by atoms with Gasteiger partial charge in [-0.15, -0.1) is 0 Å². The zero-order valence-electron chi connectivity index (χ0n) is 17.4. The monoisotopic (exact) mass is 427 g/mol. The summed E-state index contributed by atoms with van der Waals surface area (Å²) >= 11 is 1.69. The minimum Gasteiger partial charge on any atom is -0.347 e. The maximum absolute atomic E-state index is 9.44. The lowest BCUT2D eigenvalue weighted by Crippen LogP contribution is -2.43. The van der Waals surface area contributed by atoms with Crippen molar-refractivity contribution in [2.24, 2.45) is 0 Å². The van der Waals surface area contributed by atoms with Crippen LogP contribution in [-0.2, 0) is 6.54 Å². The highest BCUT2D eigenvalue weighted by atomic mass is 32.1. The van der Waals surface area contributed by atoms with Crippen LogP contribution >= 0.6 is 11.3 Å². The first kappa shape index (κ1) is 20.0. The molecule has 4 heterocycles. The van der Waals surface area contributed by atoms with Gasteiger partial charge < -0.3 is 14.8 Å². The third-order valence-corrected chi connectivity index (χ3v) is 6.68. The van der Waals surface area contributed by atoms with Crippen LogP contribution < -0.4 is 5.32 Å². The Morgan fingerprint density at radius 3 is 2.71 bits per heavy atom. The molecule has 0 radical (unpaired) electrons. The van der Waals surface area contributed by atoms with E-state index in [1.54, 1.807) is 11.3 Å². The molecule has 6 heteroatoms. The highest BCUT2D eigenvalue weighted by molar-refractivity contribution is 7.08. The Balaban J connectivity index is 1.47. The van der Waals surface area contributed by atoms with Crippen LogP contribution in [0, 0.1) is 11.3 Å². The topological polar surface area (TPSA) is 56.9 Å². The van der Waals surface area contributed by atoms with Crippen LogP contribution in [0.1, 0.15) is 12.0 Å². The van der Waals surface area contributed by atoms with Gasteiger partial charge in [-0.3, -0.25) is 4.98 Å². The SMILES string of the molecule is N#Cc1ccc2c(c1)c(-c1cncc(-c3ccsc3)c1)cn2CCCN1CCNCC1. The zero-order chi connectivity index (χ0) is 21.0. The predicted octanol–water partition coefficient (Wildman–Crippen LogP) is 4.60. The lowest BCUT2D eigenvalue weighted by atomic mass is 10.0. The molecule has 1 N–H and O–H groups in total. The molecule has 31 heavy (non-hydrogen) atoms. The molecule has 5 rings (SSSR count). The fourth-order valence-electron chi connectivity index (χ4n) is 4.35. The summed E-state index contributed by atoms with van der Waals surface area (Å²) in [6.07, 6.45) is 7.18. The van der Waals surface area contributed by atoms with Gasteiger partial charge in [0.1, 0.15) is 0 Å². The van der Waals surface area contributed by atoms with Gasteiger partial charge in [0.2, 0.25) is 0 Å². The van der Waals surface area contributed by atoms with Gasteiger partial charge >= 0.3 is 0 Å². The van der Waals surface area contributed by atoms with Gasteiger partial charge in [0.15, 0.2) is 0 Å². The Bertz CT molecular complexity index is 1210. The molecule has 0 spiro atoms. The van der Waals surface area contributed by atoms with E-state index in [-0.39, 0.29) is 0 Å². The lowest BCUT2D eigenvalue weighted by molar-refractivity contribution is 0.235. The summed E-state index contributed by atoms with van der Waals surface area (Å²) in [5, 5.41) is 18.2. The number of aryl methyl sites for hydroxylation is 1. The van der Waals surface area contributed by atoms with Crippen LogP contribution in [-0.4, -0.2) is 47.2 Å². The summed E-state index contributed by atoms with van der Waals surface area (Å²) in [5.41, 5.74) is 6.40. The molecule has 0 atom stereocenters. The minimum absolute atomic E-state index is 0.689. The molecule has 0 aliphatic carbocycles. The Hall–Kier alpha value is -2.98. The van der Waals surface area contributed by atoms with E-state index in [1.165, 1.54) is 11.1 Å². The summed E-state index contributed by atoms with van der Waals surface area (Å²) in [7, 11) is 0. The fraction of sp³-hybridized carbons (Fsp3) is 0.280. The summed E-state index contributed by atoms with van der Waals surface area (Å²) in [6, 6.07) is 12.6. The molecule has 0 amide bonds. The van der Waals surface area contributed by atoms with E-state index in [0.717, 1.165) is 67.8 Å². The second kappa shape index (κ2) is 9.03. The van der Waals surface area contributed by atoms with E-state index in [2.05, 4.69) is 61.0 Å². The normalized spacial score (nSPS) is 14.7. The van der Waals surface area contributed by atoms with Crippen LogP contribution in [0.4, 0.5) is 0 Å². The largest absolute Gasteiger partial charge is 0.347 e. The smallest absolute Gasteiger partial charge is 0.0991 e. The Morgan fingerprint density at radius 1 is 1.03 bits per heavy atom. The third-order valence-electron chi connectivity index (χ3n) is 6.00. The molecule has 0 saturated carbocycles. The number of thiophene rings is 1. The zero-order valence-corrected chi connectivity index (χ0v) is 18.2. The van der Waals surface area contributed by atoms with Crippen LogP contribution in [0.2, 0.25) is 0 Å². The molecule has 3 aromatic heterocycles. The fourth-order valence-corrected chi connectivity index (χ4v) is 5.02. The van der Waals surface area contributed by atoms with Crippen molar-refractivity contribution < 1.29 is 0 Å². The molecule has 0 bridgehead atoms. The number of fused-ring (bicyclic) bond motifs is 1. The number of nitrogens with one attached hydrogen (secondary N) is 1. The quantitative estimate of drug-likeness (QED) is 0.489. The van der Waals surface area contributed by atoms with Crippen molar-refractivity contribution in [3.05, 3.63) is 65.2 Å². The van der Waals surface area contributed by atoms with Gasteiger partial charge in [-0.2, -0.15) is 16.6 Å². The van der Waals surface area contributed by atoms with E-state index in [4.69, 9.17) is 0 Å². The standard InChI is InChI=1S/C25H25N5S/c26-14-19-2-3-25-23(12-19)24(17-30(25)8-1-7-29-9-5-27-6-10-29)22-13-21(15-28-16-22)20-4-11-31-18-20/h2-4,11-13,15-18,27H,1,5-10H2. The van der Waals surface area contributed by atoms with Gasteiger partial charge in [0, 0.05) is 78.9 Å². The Labute approximate surface area is 186 Å². The maximum atomic E-state index is 9.44. The van der Waals surface area contributed by atoms with Crippen molar-refractivity contribution in [3.8, 4) is 28.3 Å². The summed E-state index contributed by atoms with van der Waals surface area (Å²) in [4.78, 5) is 7.05. The molecule has 5 nitrogen and oxygen atoms in total. The summed E-state index contributed by atoms with van der Waals surface area (Å²) < 4.78 is 2.34. The van der Waals surface area contributed by atoms with E-state index >= 15 is 0 Å². The van der Waals surface area contributed by atoms with Gasteiger partial charge in [0.05, 0.1) is 11.6 Å². The number of nitriles is 1. The predicted molar refractivity (Wildman–Crippen MR) is 127 cm³/mol. The van der Waals surface area contributed by atoms with Gasteiger partial charge in [-0.25, -0.2) is 0 Å². The van der Waals surface area contributed by atoms with E-state index in [1.807, 2.05) is 24.5 Å². The van der Waals surface area contributed by atoms with Crippen LogP contribution in [0.3, 0.4) is 0 Å². The highest BCUT2D eigenvalue weighted by Crippen LogP contribution is 2.33.